The zero-order valence-electron chi connectivity index (χ0n) is 12.6. The molecule has 0 aromatic rings. The molecule has 0 rings (SSSR count). The zero-order chi connectivity index (χ0) is 18.0. The average Bonchev–Trinajstić information content (AvgIpc) is 1.62. The maximum atomic E-state index is 8.55. The number of rotatable bonds is 0. The molecule has 0 bridgehead atoms. The average molecular weight is 988 g/mol. The van der Waals surface area contributed by atoms with Gasteiger partial charge in [0.1, 0.15) is 0 Å². The Bertz CT molecular complexity index is 305. The Hall–Kier alpha value is 7.02. The van der Waals surface area contributed by atoms with Crippen LogP contribution in [0.5, 0.6) is 0 Å². The molecule has 0 N–H and O–H groups in total. The maximum Gasteiger partial charge on any atom is 2.00 e. The molecule has 26 heavy (non-hydrogen) atoms. The monoisotopic (exact) mass is 985 g/mol. The Morgan fingerprint density at radius 3 is 0.308 bits per heavy atom. The van der Waals surface area contributed by atoms with Crippen molar-refractivity contribution in [3.8, 4) is 0 Å². The third kappa shape index (κ3) is 567. The molecule has 0 saturated heterocycles. The van der Waals surface area contributed by atoms with E-state index in [1.54, 1.807) is 0 Å². The summed E-state index contributed by atoms with van der Waals surface area (Å²) < 4.78 is 34.2. The minimum Gasteiger partial charge on any atom is -0.822 e. The van der Waals surface area contributed by atoms with Crippen LogP contribution in [0.1, 0.15) is 0 Å². The Kier molecular flexibility index (Phi) is 78.7. The summed E-state index contributed by atoms with van der Waals surface area (Å²) in [6.45, 7) is 0. The van der Waals surface area contributed by atoms with Gasteiger partial charge in [0.05, 0.1) is 0 Å². The second-order valence-electron chi connectivity index (χ2n) is 1.79. The molecule has 0 aliphatic rings. The quantitative estimate of drug-likeness (QED) is 0.161. The molecule has 0 fully saturated rings. The van der Waals surface area contributed by atoms with Crippen LogP contribution in [0.15, 0.2) is 0 Å². The molecule has 0 heterocycles. The Balaban J connectivity index is -0.0000000152. The van der Waals surface area contributed by atoms with Crippen molar-refractivity contribution in [1.82, 2.24) is 0 Å². The van der Waals surface area contributed by atoms with Crippen molar-refractivity contribution in [2.45, 2.75) is 0 Å². The fourth-order valence-electron chi connectivity index (χ4n) is 0. The normalized spacial score (nSPS) is 9.08. The minimum atomic E-state index is -5.39. The second-order valence-corrected chi connectivity index (χ2v) is 5.37. The summed E-state index contributed by atoms with van der Waals surface area (Å²) in [5.41, 5.74) is 0. The van der Waals surface area contributed by atoms with Gasteiger partial charge < -0.3 is 77.0 Å². The van der Waals surface area contributed by atoms with E-state index in [9.17, 15) is 0 Å². The van der Waals surface area contributed by atoms with Crippen molar-refractivity contribution in [2.75, 3.05) is 0 Å². The van der Waals surface area contributed by atoms with Crippen LogP contribution in [-0.4, -0.2) is 147 Å². The van der Waals surface area contributed by atoms with E-state index < -0.39 is 31.3 Å². The SMILES string of the molecule is O=P([O-])([O-])[O-].O=P([O-])([O-])[O-].O=P([O-])([O-])[O-].O=P([O-])([O-])[O-].[Ba+2].[Ba+2].[Ba+2].[Zn+2].[Zn+2].[Zn+2]. The maximum absolute atomic E-state index is 8.55. The van der Waals surface area contributed by atoms with Crippen LogP contribution >= 0.6 is 31.3 Å². The van der Waals surface area contributed by atoms with Gasteiger partial charge in [0, 0.05) is 0 Å². The minimum absolute atomic E-state index is 0. The van der Waals surface area contributed by atoms with E-state index >= 15 is 0 Å². The molecule has 0 saturated carbocycles. The summed E-state index contributed by atoms with van der Waals surface area (Å²) >= 11 is 0. The van der Waals surface area contributed by atoms with E-state index in [0.717, 1.165) is 0 Å². The van der Waals surface area contributed by atoms with Gasteiger partial charge in [0.15, 0.2) is 0 Å². The first-order chi connectivity index (χ1) is 8.00. The second kappa shape index (κ2) is 32.0. The van der Waals surface area contributed by atoms with E-state index in [0.29, 0.717) is 0 Å². The summed E-state index contributed by atoms with van der Waals surface area (Å²) in [6.07, 6.45) is 0. The van der Waals surface area contributed by atoms with E-state index in [1.807, 2.05) is 0 Å². The van der Waals surface area contributed by atoms with Gasteiger partial charge >= 0.3 is 205 Å². The van der Waals surface area contributed by atoms with Crippen LogP contribution in [0.2, 0.25) is 0 Å². The van der Waals surface area contributed by atoms with Gasteiger partial charge in [-0.3, -0.25) is 0 Å². The first-order valence-electron chi connectivity index (χ1n) is 2.92. The van der Waals surface area contributed by atoms with Crippen molar-refractivity contribution >= 4 is 178 Å². The Labute approximate surface area is 305 Å². The van der Waals surface area contributed by atoms with Gasteiger partial charge in [0.25, 0.3) is 0 Å². The van der Waals surface area contributed by atoms with Crippen molar-refractivity contribution in [2.24, 2.45) is 0 Å². The number of hydrogen-bond acceptors (Lipinski definition) is 16. The topological polar surface area (TPSA) is 345 Å². The van der Waals surface area contributed by atoms with Crippen LogP contribution in [0, 0.1) is 0 Å². The van der Waals surface area contributed by atoms with Crippen molar-refractivity contribution < 1.29 is 135 Å². The number of phosphoric acid groups is 4. The van der Waals surface area contributed by atoms with E-state index in [4.69, 9.17) is 77.0 Å². The molecule has 0 spiro atoms. The largest absolute Gasteiger partial charge is 2.00 e. The van der Waals surface area contributed by atoms with Crippen molar-refractivity contribution in [1.29, 1.82) is 0 Å². The first-order valence-corrected chi connectivity index (χ1v) is 8.76. The summed E-state index contributed by atoms with van der Waals surface area (Å²) in [4.78, 5) is 103. The van der Waals surface area contributed by atoms with Crippen LogP contribution in [-0.2, 0) is 76.7 Å². The molecule has 0 amide bonds. The molecule has 0 radical (unpaired) electrons. The Morgan fingerprint density at radius 2 is 0.308 bits per heavy atom. The Morgan fingerprint density at radius 1 is 0.308 bits per heavy atom. The molecule has 128 valence electrons. The van der Waals surface area contributed by atoms with Gasteiger partial charge in [0.2, 0.25) is 0 Å². The molecular weight excluding hydrogens is 988 g/mol. The number of hydrogen-bond donors (Lipinski definition) is 0. The fourth-order valence-corrected chi connectivity index (χ4v) is 0. The fraction of sp³-hybridized carbons (Fsp3) is 0. The molecule has 0 atom stereocenters. The van der Waals surface area contributed by atoms with Crippen LogP contribution in [0.4, 0.5) is 0 Å². The van der Waals surface area contributed by atoms with Gasteiger partial charge in [-0.05, 0) is 0 Å². The molecule has 0 unspecified atom stereocenters. The standard InChI is InChI=1S/3Ba.4H3O4P.3Zn/c;;;4*1-5(2,3)4;;;/h;;;4*(H3,1,2,3,4);;;/q3*+2;;;;;3*+2/p-12. The van der Waals surface area contributed by atoms with Crippen molar-refractivity contribution in [3.63, 3.8) is 0 Å². The summed E-state index contributed by atoms with van der Waals surface area (Å²) in [6, 6.07) is 0. The van der Waals surface area contributed by atoms with Crippen LogP contribution in [0.3, 0.4) is 0 Å². The van der Waals surface area contributed by atoms with Gasteiger partial charge in [-0.2, -0.15) is 31.3 Å². The molecule has 0 aliphatic heterocycles. The van der Waals surface area contributed by atoms with Gasteiger partial charge in [-0.1, -0.05) is 0 Å². The zero-order valence-corrected chi connectivity index (χ0v) is 38.4. The molecule has 0 aromatic heterocycles. The van der Waals surface area contributed by atoms with E-state index in [1.165, 1.54) is 0 Å². The van der Waals surface area contributed by atoms with Crippen molar-refractivity contribution in [3.05, 3.63) is 0 Å². The molecule has 16 nitrogen and oxygen atoms in total. The summed E-state index contributed by atoms with van der Waals surface area (Å²) in [7, 11) is -21.6. The van der Waals surface area contributed by atoms with Crippen LogP contribution < -0.4 is 58.7 Å². The predicted molar refractivity (Wildman–Crippen MR) is 47.7 cm³/mol. The third-order valence-corrected chi connectivity index (χ3v) is 0. The molecule has 26 heteroatoms. The molecular formula is Ba3O16P4Zn3. The van der Waals surface area contributed by atoms with E-state index in [-0.39, 0.29) is 205 Å². The first kappa shape index (κ1) is 63.9. The third-order valence-electron chi connectivity index (χ3n) is 0. The van der Waals surface area contributed by atoms with Gasteiger partial charge in [-0.25, -0.2) is 0 Å². The van der Waals surface area contributed by atoms with Gasteiger partial charge in [-0.15, -0.1) is 0 Å². The molecule has 0 aliphatic carbocycles. The predicted octanol–water partition coefficient (Wildman–Crippen LogP) is -12.4. The van der Waals surface area contributed by atoms with Crippen LogP contribution in [0.25, 0.3) is 0 Å². The summed E-state index contributed by atoms with van der Waals surface area (Å²) in [5, 5.41) is 0. The smallest absolute Gasteiger partial charge is 0.822 e. The summed E-state index contributed by atoms with van der Waals surface area (Å²) in [5.74, 6) is 0. The molecule has 0 aromatic carbocycles. The van der Waals surface area contributed by atoms with E-state index in [2.05, 4.69) is 0 Å².